The number of carbonyl (C=O) groups excluding carboxylic acids is 1. The van der Waals surface area contributed by atoms with Crippen LogP contribution in [-0.4, -0.2) is 22.7 Å². The van der Waals surface area contributed by atoms with Crippen LogP contribution >= 0.6 is 23.4 Å². The number of hydrogen-bond donors (Lipinski definition) is 1. The number of rotatable bonds is 4. The van der Waals surface area contributed by atoms with Gasteiger partial charge in [-0.25, -0.2) is 9.79 Å². The van der Waals surface area contributed by atoms with Crippen molar-refractivity contribution in [2.45, 2.75) is 13.8 Å². The quantitative estimate of drug-likeness (QED) is 0.656. The van der Waals surface area contributed by atoms with E-state index >= 15 is 0 Å². The zero-order chi connectivity index (χ0) is 19.4. The third-order valence-corrected chi connectivity index (χ3v) is 5.07. The molecular formula is C21H18ClNO3S. The topological polar surface area (TPSA) is 58.9 Å². The molecule has 0 aromatic heterocycles. The van der Waals surface area contributed by atoms with Gasteiger partial charge in [0.05, 0.1) is 17.2 Å². The second kappa shape index (κ2) is 8.46. The molecule has 1 aliphatic heterocycles. The molecule has 2 aromatic carbocycles. The summed E-state index contributed by atoms with van der Waals surface area (Å²) in [5, 5.41) is 11.7. The number of aliphatic hydroxyl groups is 1. The molecule has 0 saturated carbocycles. The summed E-state index contributed by atoms with van der Waals surface area (Å²) in [6.07, 6.45) is 1.78. The summed E-state index contributed by atoms with van der Waals surface area (Å²) >= 11 is 7.15. The lowest BCUT2D eigenvalue weighted by Crippen LogP contribution is -2.12. The number of benzene rings is 2. The predicted molar refractivity (Wildman–Crippen MR) is 112 cm³/mol. The van der Waals surface area contributed by atoms with Crippen molar-refractivity contribution in [1.29, 1.82) is 0 Å². The minimum atomic E-state index is -0.590. The molecule has 0 bridgehead atoms. The average molecular weight is 400 g/mol. The Morgan fingerprint density at radius 2 is 1.85 bits per heavy atom. The zero-order valence-corrected chi connectivity index (χ0v) is 16.5. The first kappa shape index (κ1) is 19.3. The Bertz CT molecular complexity index is 944. The number of nitrogens with zero attached hydrogens (tertiary/aromatic N) is 1. The summed E-state index contributed by atoms with van der Waals surface area (Å²) in [5.41, 5.74) is 2.76. The highest BCUT2D eigenvalue weighted by molar-refractivity contribution is 8.18. The fourth-order valence-electron chi connectivity index (χ4n) is 2.44. The van der Waals surface area contributed by atoms with E-state index in [4.69, 9.17) is 16.3 Å². The second-order valence-corrected chi connectivity index (χ2v) is 7.33. The van der Waals surface area contributed by atoms with Crippen molar-refractivity contribution in [1.82, 2.24) is 0 Å². The Balaban J connectivity index is 2.02. The maximum Gasteiger partial charge on any atom is 0.344 e. The SMILES string of the molecule is CCOC(=O)C1=C(O)C(=Cc2ccc(Cl)cc2)SC1=Nc1ccc(C)cc1. The van der Waals surface area contributed by atoms with Crippen molar-refractivity contribution in [3.05, 3.63) is 80.9 Å². The van der Waals surface area contributed by atoms with E-state index < -0.39 is 5.97 Å². The number of aliphatic imine (C=N–C) groups is 1. The van der Waals surface area contributed by atoms with E-state index in [0.29, 0.717) is 20.7 Å². The van der Waals surface area contributed by atoms with Gasteiger partial charge in [-0.3, -0.25) is 0 Å². The van der Waals surface area contributed by atoms with Crippen LogP contribution < -0.4 is 0 Å². The largest absolute Gasteiger partial charge is 0.506 e. The average Bonchev–Trinajstić information content (AvgIpc) is 2.94. The molecule has 138 valence electrons. The number of ether oxygens (including phenoxy) is 1. The number of aliphatic hydroxyl groups excluding tert-OH is 1. The number of carbonyl (C=O) groups is 1. The molecule has 2 aromatic rings. The fraction of sp³-hybridized carbons (Fsp3) is 0.143. The lowest BCUT2D eigenvalue weighted by atomic mass is 10.1. The minimum absolute atomic E-state index is 0.0858. The van der Waals surface area contributed by atoms with E-state index in [0.717, 1.165) is 11.1 Å². The van der Waals surface area contributed by atoms with Crippen LogP contribution in [0, 0.1) is 6.92 Å². The molecule has 3 rings (SSSR count). The highest BCUT2D eigenvalue weighted by atomic mass is 35.5. The Hall–Kier alpha value is -2.50. The van der Waals surface area contributed by atoms with Gasteiger partial charge in [0.2, 0.25) is 0 Å². The second-order valence-electron chi connectivity index (χ2n) is 5.86. The van der Waals surface area contributed by atoms with Gasteiger partial charge < -0.3 is 9.84 Å². The number of halogens is 1. The Labute approximate surface area is 167 Å². The van der Waals surface area contributed by atoms with Gasteiger partial charge in [-0.1, -0.05) is 53.2 Å². The molecule has 1 N–H and O–H groups in total. The molecule has 0 aliphatic carbocycles. The smallest absolute Gasteiger partial charge is 0.344 e. The van der Waals surface area contributed by atoms with Gasteiger partial charge in [0.25, 0.3) is 0 Å². The van der Waals surface area contributed by atoms with E-state index in [-0.39, 0.29) is 17.9 Å². The van der Waals surface area contributed by atoms with Crippen molar-refractivity contribution in [2.24, 2.45) is 4.99 Å². The van der Waals surface area contributed by atoms with E-state index in [1.165, 1.54) is 11.8 Å². The van der Waals surface area contributed by atoms with Crippen LogP contribution in [-0.2, 0) is 9.53 Å². The summed E-state index contributed by atoms with van der Waals surface area (Å²) < 4.78 is 5.10. The molecule has 0 atom stereocenters. The molecule has 1 heterocycles. The molecule has 6 heteroatoms. The molecule has 0 saturated heterocycles. The first-order valence-electron chi connectivity index (χ1n) is 8.39. The number of aryl methyl sites for hydroxylation is 1. The maximum absolute atomic E-state index is 12.4. The van der Waals surface area contributed by atoms with Crippen LogP contribution in [0.3, 0.4) is 0 Å². The lowest BCUT2D eigenvalue weighted by molar-refractivity contribution is -0.138. The standard InChI is InChI=1S/C21H18ClNO3S/c1-3-26-21(25)18-19(24)17(12-14-6-8-15(22)9-7-14)27-20(18)23-16-10-4-13(2)5-11-16/h4-12,24H,3H2,1-2H3. The molecule has 0 amide bonds. The van der Waals surface area contributed by atoms with Gasteiger partial charge in [0, 0.05) is 5.02 Å². The van der Waals surface area contributed by atoms with E-state index in [1.54, 1.807) is 25.1 Å². The molecular weight excluding hydrogens is 382 g/mol. The predicted octanol–water partition coefficient (Wildman–Crippen LogP) is 5.84. The third-order valence-electron chi connectivity index (χ3n) is 3.80. The minimum Gasteiger partial charge on any atom is -0.506 e. The first-order chi connectivity index (χ1) is 13.0. The molecule has 1 aliphatic rings. The molecule has 0 spiro atoms. The highest BCUT2D eigenvalue weighted by Crippen LogP contribution is 2.40. The summed E-state index contributed by atoms with van der Waals surface area (Å²) in [7, 11) is 0. The molecule has 0 fully saturated rings. The van der Waals surface area contributed by atoms with Gasteiger partial charge in [-0.15, -0.1) is 0 Å². The van der Waals surface area contributed by atoms with Crippen molar-refractivity contribution < 1.29 is 14.6 Å². The Kier molecular flexibility index (Phi) is 6.04. The van der Waals surface area contributed by atoms with Crippen LogP contribution in [0.25, 0.3) is 6.08 Å². The fourth-order valence-corrected chi connectivity index (χ4v) is 3.60. The van der Waals surface area contributed by atoms with Gasteiger partial charge in [0.1, 0.15) is 16.4 Å². The van der Waals surface area contributed by atoms with Gasteiger partial charge in [-0.2, -0.15) is 0 Å². The van der Waals surface area contributed by atoms with Crippen LogP contribution in [0.15, 0.2) is 69.8 Å². The number of esters is 1. The lowest BCUT2D eigenvalue weighted by Gasteiger charge is -2.04. The molecule has 4 nitrogen and oxygen atoms in total. The van der Waals surface area contributed by atoms with Gasteiger partial charge in [-0.05, 0) is 49.8 Å². The Morgan fingerprint density at radius 1 is 1.19 bits per heavy atom. The van der Waals surface area contributed by atoms with Gasteiger partial charge in [0.15, 0.2) is 0 Å². The summed E-state index contributed by atoms with van der Waals surface area (Å²) in [6.45, 7) is 3.93. The summed E-state index contributed by atoms with van der Waals surface area (Å²) in [4.78, 5) is 17.4. The molecule has 0 unspecified atom stereocenters. The van der Waals surface area contributed by atoms with Crippen molar-refractivity contribution >= 4 is 46.1 Å². The molecule has 0 radical (unpaired) electrons. The van der Waals surface area contributed by atoms with E-state index in [1.807, 2.05) is 43.3 Å². The van der Waals surface area contributed by atoms with E-state index in [9.17, 15) is 9.90 Å². The van der Waals surface area contributed by atoms with Crippen LogP contribution in [0.1, 0.15) is 18.1 Å². The summed E-state index contributed by atoms with van der Waals surface area (Å²) in [6, 6.07) is 14.8. The van der Waals surface area contributed by atoms with Crippen molar-refractivity contribution in [3.8, 4) is 0 Å². The highest BCUT2D eigenvalue weighted by Gasteiger charge is 2.33. The van der Waals surface area contributed by atoms with Crippen LogP contribution in [0.4, 0.5) is 5.69 Å². The maximum atomic E-state index is 12.4. The number of hydrogen-bond acceptors (Lipinski definition) is 5. The normalized spacial score (nSPS) is 17.0. The zero-order valence-electron chi connectivity index (χ0n) is 14.9. The van der Waals surface area contributed by atoms with Crippen LogP contribution in [0.5, 0.6) is 0 Å². The Morgan fingerprint density at radius 3 is 2.48 bits per heavy atom. The van der Waals surface area contributed by atoms with Crippen molar-refractivity contribution in [3.63, 3.8) is 0 Å². The first-order valence-corrected chi connectivity index (χ1v) is 9.59. The third kappa shape index (κ3) is 4.62. The van der Waals surface area contributed by atoms with Crippen molar-refractivity contribution in [2.75, 3.05) is 6.61 Å². The van der Waals surface area contributed by atoms with E-state index in [2.05, 4.69) is 4.99 Å². The monoisotopic (exact) mass is 399 g/mol. The van der Waals surface area contributed by atoms with Crippen LogP contribution in [0.2, 0.25) is 5.02 Å². The van der Waals surface area contributed by atoms with Gasteiger partial charge >= 0.3 is 5.97 Å². The molecule has 27 heavy (non-hydrogen) atoms. The summed E-state index contributed by atoms with van der Waals surface area (Å²) in [5.74, 6) is -0.716. The number of thioether (sulfide) groups is 1.